The van der Waals surface area contributed by atoms with E-state index in [4.69, 9.17) is 0 Å². The molecule has 0 unspecified atom stereocenters. The highest BCUT2D eigenvalue weighted by Gasteiger charge is 2.34. The predicted molar refractivity (Wildman–Crippen MR) is 100.0 cm³/mol. The molecule has 3 rings (SSSR count). The van der Waals surface area contributed by atoms with E-state index in [9.17, 15) is 27.9 Å². The summed E-state index contributed by atoms with van der Waals surface area (Å²) in [7, 11) is 0. The zero-order valence-electron chi connectivity index (χ0n) is 16.4. The number of aliphatic hydroxyl groups excluding tert-OH is 1. The molecule has 0 spiro atoms. The molecule has 1 aromatic carbocycles. The summed E-state index contributed by atoms with van der Waals surface area (Å²) in [5.41, 5.74) is -0.221. The number of piperazine rings is 1. The molecule has 6 nitrogen and oxygen atoms in total. The summed E-state index contributed by atoms with van der Waals surface area (Å²) < 4.78 is 38.2. The van der Waals surface area contributed by atoms with Crippen LogP contribution in [0.25, 0.3) is 0 Å². The van der Waals surface area contributed by atoms with E-state index in [-0.39, 0.29) is 30.4 Å². The monoisotopic (exact) mass is 413 g/mol. The molecular weight excluding hydrogens is 387 g/mol. The van der Waals surface area contributed by atoms with Crippen molar-refractivity contribution in [3.8, 4) is 0 Å². The first-order valence-corrected chi connectivity index (χ1v) is 9.75. The van der Waals surface area contributed by atoms with Crippen molar-refractivity contribution in [2.24, 2.45) is 0 Å². The second kappa shape index (κ2) is 8.71. The first kappa shape index (κ1) is 21.6. The van der Waals surface area contributed by atoms with Crippen molar-refractivity contribution >= 4 is 11.8 Å². The van der Waals surface area contributed by atoms with Gasteiger partial charge in [0.2, 0.25) is 11.8 Å². The van der Waals surface area contributed by atoms with E-state index in [1.54, 1.807) is 9.80 Å². The minimum absolute atomic E-state index is 0.0112. The molecule has 2 fully saturated rings. The Balaban J connectivity index is 1.68. The Labute approximate surface area is 167 Å². The third kappa shape index (κ3) is 5.48. The van der Waals surface area contributed by atoms with Crippen LogP contribution in [0.5, 0.6) is 0 Å². The van der Waals surface area contributed by atoms with Gasteiger partial charge in [-0.3, -0.25) is 14.5 Å². The van der Waals surface area contributed by atoms with Crippen LogP contribution in [0.4, 0.5) is 13.2 Å². The van der Waals surface area contributed by atoms with Gasteiger partial charge in [-0.15, -0.1) is 0 Å². The van der Waals surface area contributed by atoms with Crippen molar-refractivity contribution in [2.45, 2.75) is 38.1 Å². The lowest BCUT2D eigenvalue weighted by Crippen LogP contribution is -2.59. The van der Waals surface area contributed by atoms with Crippen LogP contribution in [0, 0.1) is 0 Å². The number of hydrogen-bond donors (Lipinski definition) is 1. The quantitative estimate of drug-likeness (QED) is 0.810. The van der Waals surface area contributed by atoms with Gasteiger partial charge in [-0.05, 0) is 24.1 Å². The average Bonchev–Trinajstić information content (AvgIpc) is 3.06. The number of carbonyl (C=O) groups excluding carboxylic acids is 2. The van der Waals surface area contributed by atoms with Gasteiger partial charge in [0.25, 0.3) is 0 Å². The van der Waals surface area contributed by atoms with Crippen molar-refractivity contribution in [3.05, 3.63) is 35.4 Å². The zero-order valence-corrected chi connectivity index (χ0v) is 16.4. The van der Waals surface area contributed by atoms with Gasteiger partial charge in [0.05, 0.1) is 24.1 Å². The highest BCUT2D eigenvalue weighted by molar-refractivity contribution is 5.80. The number of likely N-dealkylation sites (tertiary alicyclic amines) is 1. The Kier molecular flexibility index (Phi) is 6.48. The molecule has 2 aliphatic rings. The lowest BCUT2D eigenvalue weighted by Gasteiger charge is -2.42. The summed E-state index contributed by atoms with van der Waals surface area (Å²) in [6.45, 7) is 4.57. The summed E-state index contributed by atoms with van der Waals surface area (Å²) >= 11 is 0. The molecule has 29 heavy (non-hydrogen) atoms. The van der Waals surface area contributed by atoms with E-state index >= 15 is 0 Å². The molecule has 2 saturated heterocycles. The maximum absolute atomic E-state index is 12.9. The van der Waals surface area contributed by atoms with E-state index in [0.29, 0.717) is 44.7 Å². The molecule has 0 bridgehead atoms. The summed E-state index contributed by atoms with van der Waals surface area (Å²) in [4.78, 5) is 30.2. The Morgan fingerprint density at radius 1 is 1.10 bits per heavy atom. The summed E-state index contributed by atoms with van der Waals surface area (Å²) in [6, 6.07) is 4.43. The Bertz CT molecular complexity index is 739. The van der Waals surface area contributed by atoms with E-state index in [2.05, 4.69) is 4.90 Å². The fourth-order valence-corrected chi connectivity index (χ4v) is 3.99. The van der Waals surface area contributed by atoms with Gasteiger partial charge in [-0.1, -0.05) is 12.1 Å². The van der Waals surface area contributed by atoms with Crippen molar-refractivity contribution in [3.63, 3.8) is 0 Å². The zero-order chi connectivity index (χ0) is 21.2. The van der Waals surface area contributed by atoms with E-state index in [1.807, 2.05) is 0 Å². The Hall–Kier alpha value is -2.13. The smallest absolute Gasteiger partial charge is 0.392 e. The average molecular weight is 413 g/mol. The van der Waals surface area contributed by atoms with Crippen LogP contribution in [-0.4, -0.2) is 83.0 Å². The SMILES string of the molecule is CC(=O)N1CCN(C(=O)Cc2ccc(C(F)(F)F)cc2)[C@H](CN2CC[C@@H](O)C2)C1. The molecule has 1 N–H and O–H groups in total. The topological polar surface area (TPSA) is 64.1 Å². The fourth-order valence-electron chi connectivity index (χ4n) is 3.99. The summed E-state index contributed by atoms with van der Waals surface area (Å²) in [5, 5.41) is 9.75. The molecule has 1 aromatic rings. The largest absolute Gasteiger partial charge is 0.416 e. The van der Waals surface area contributed by atoms with Crippen molar-refractivity contribution in [1.29, 1.82) is 0 Å². The lowest BCUT2D eigenvalue weighted by atomic mass is 10.1. The number of β-amino-alcohol motifs (C(OH)–C–C–N with tert-alkyl or cyclic N) is 1. The standard InChI is InChI=1S/C20H26F3N3O3/c1-14(27)25-8-9-26(17(12-25)11-24-7-6-18(28)13-24)19(29)10-15-2-4-16(5-3-15)20(21,22)23/h2-5,17-18,28H,6-13H2,1H3/t17-,18-/m1/s1. The molecule has 0 radical (unpaired) electrons. The Morgan fingerprint density at radius 2 is 1.79 bits per heavy atom. The number of rotatable bonds is 4. The second-order valence-electron chi connectivity index (χ2n) is 7.78. The van der Waals surface area contributed by atoms with Gasteiger partial charge < -0.3 is 14.9 Å². The van der Waals surface area contributed by atoms with Gasteiger partial charge in [-0.2, -0.15) is 13.2 Å². The molecule has 9 heteroatoms. The number of carbonyl (C=O) groups is 2. The normalized spacial score (nSPS) is 23.5. The third-order valence-corrected chi connectivity index (χ3v) is 5.60. The number of hydrogen-bond acceptors (Lipinski definition) is 4. The van der Waals surface area contributed by atoms with E-state index < -0.39 is 11.7 Å². The van der Waals surface area contributed by atoms with Gasteiger partial charge in [-0.25, -0.2) is 0 Å². The van der Waals surface area contributed by atoms with Gasteiger partial charge in [0, 0.05) is 46.2 Å². The molecule has 2 heterocycles. The lowest BCUT2D eigenvalue weighted by molar-refractivity contribution is -0.142. The molecule has 0 saturated carbocycles. The van der Waals surface area contributed by atoms with Crippen LogP contribution < -0.4 is 0 Å². The third-order valence-electron chi connectivity index (χ3n) is 5.60. The number of alkyl halides is 3. The maximum Gasteiger partial charge on any atom is 0.416 e. The molecular formula is C20H26F3N3O3. The van der Waals surface area contributed by atoms with Crippen LogP contribution in [0.2, 0.25) is 0 Å². The van der Waals surface area contributed by atoms with Crippen molar-refractivity contribution in [2.75, 3.05) is 39.3 Å². The highest BCUT2D eigenvalue weighted by Crippen LogP contribution is 2.29. The number of aliphatic hydroxyl groups is 1. The predicted octanol–water partition coefficient (Wildman–Crippen LogP) is 1.37. The first-order chi connectivity index (χ1) is 13.6. The second-order valence-corrected chi connectivity index (χ2v) is 7.78. The highest BCUT2D eigenvalue weighted by atomic mass is 19.4. The molecule has 0 aromatic heterocycles. The van der Waals surface area contributed by atoms with Crippen molar-refractivity contribution < 1.29 is 27.9 Å². The molecule has 2 aliphatic heterocycles. The minimum atomic E-state index is -4.41. The molecule has 2 amide bonds. The molecule has 2 atom stereocenters. The number of amides is 2. The van der Waals surface area contributed by atoms with Crippen LogP contribution in [0.3, 0.4) is 0 Å². The minimum Gasteiger partial charge on any atom is -0.392 e. The number of halogens is 3. The van der Waals surface area contributed by atoms with E-state index in [1.165, 1.54) is 19.1 Å². The van der Waals surface area contributed by atoms with Gasteiger partial charge in [0.15, 0.2) is 0 Å². The van der Waals surface area contributed by atoms with E-state index in [0.717, 1.165) is 18.7 Å². The van der Waals surface area contributed by atoms with Crippen LogP contribution in [0.1, 0.15) is 24.5 Å². The fraction of sp³-hybridized carbons (Fsp3) is 0.600. The molecule has 0 aliphatic carbocycles. The number of nitrogens with zero attached hydrogens (tertiary/aromatic N) is 3. The van der Waals surface area contributed by atoms with Gasteiger partial charge >= 0.3 is 6.18 Å². The van der Waals surface area contributed by atoms with Crippen LogP contribution >= 0.6 is 0 Å². The molecule has 160 valence electrons. The maximum atomic E-state index is 12.9. The summed E-state index contributed by atoms with van der Waals surface area (Å²) in [6.07, 6.45) is -4.09. The van der Waals surface area contributed by atoms with Gasteiger partial charge in [0.1, 0.15) is 0 Å². The number of benzene rings is 1. The van der Waals surface area contributed by atoms with Crippen LogP contribution in [0.15, 0.2) is 24.3 Å². The van der Waals surface area contributed by atoms with Crippen LogP contribution in [-0.2, 0) is 22.2 Å². The Morgan fingerprint density at radius 3 is 2.34 bits per heavy atom. The van der Waals surface area contributed by atoms with Crippen molar-refractivity contribution in [1.82, 2.24) is 14.7 Å². The first-order valence-electron chi connectivity index (χ1n) is 9.75. The summed E-state index contributed by atoms with van der Waals surface area (Å²) in [5.74, 6) is -0.219.